The van der Waals surface area contributed by atoms with E-state index in [0.717, 1.165) is 37.9 Å². The minimum absolute atomic E-state index is 0.0162. The molecule has 7 heteroatoms. The van der Waals surface area contributed by atoms with Crippen molar-refractivity contribution in [2.45, 2.75) is 49.8 Å². The summed E-state index contributed by atoms with van der Waals surface area (Å²) < 4.78 is 26.5. The highest BCUT2D eigenvalue weighted by atomic mass is 32.2. The molecule has 1 amide bonds. The van der Waals surface area contributed by atoms with Crippen molar-refractivity contribution in [3.8, 4) is 0 Å². The highest BCUT2D eigenvalue weighted by molar-refractivity contribution is 7.90. The molecule has 116 valence electrons. The third kappa shape index (κ3) is 1.83. The third-order valence-electron chi connectivity index (χ3n) is 5.54. The third-order valence-corrected chi connectivity index (χ3v) is 7.87. The van der Waals surface area contributed by atoms with Gasteiger partial charge in [-0.2, -0.15) is 0 Å². The van der Waals surface area contributed by atoms with Gasteiger partial charge in [0.25, 0.3) is 5.91 Å². The molecule has 2 heterocycles. The summed E-state index contributed by atoms with van der Waals surface area (Å²) in [5.41, 5.74) is -0.691. The van der Waals surface area contributed by atoms with Gasteiger partial charge >= 0.3 is 0 Å². The minimum atomic E-state index is -3.14. The van der Waals surface area contributed by atoms with E-state index in [1.54, 1.807) is 4.31 Å². The first-order chi connectivity index (χ1) is 9.97. The summed E-state index contributed by atoms with van der Waals surface area (Å²) in [6, 6.07) is 0. The molecule has 6 nitrogen and oxygen atoms in total. The van der Waals surface area contributed by atoms with Crippen LogP contribution in [0.5, 0.6) is 0 Å². The summed E-state index contributed by atoms with van der Waals surface area (Å²) in [6.07, 6.45) is 3.95. The standard InChI is InChI=1S/C14H21N3O3S/c1-2-12-15-13(18)14(16-12)6-5-9-7-17(8-11(9)14)21(19,20)10-3-4-10/h9-11H,2-8H2,1H3,(H,15,16,18)/t9-,11+,14-/m1/s1. The molecule has 21 heavy (non-hydrogen) atoms. The maximum absolute atomic E-state index is 12.4. The van der Waals surface area contributed by atoms with Crippen LogP contribution in [0.2, 0.25) is 0 Å². The predicted octanol–water partition coefficient (Wildman–Crippen LogP) is 0.497. The van der Waals surface area contributed by atoms with Gasteiger partial charge in [-0.05, 0) is 31.6 Å². The van der Waals surface area contributed by atoms with Gasteiger partial charge in [0.2, 0.25) is 10.0 Å². The molecule has 0 aromatic heterocycles. The van der Waals surface area contributed by atoms with Crippen molar-refractivity contribution in [3.63, 3.8) is 0 Å². The monoisotopic (exact) mass is 311 g/mol. The fourth-order valence-electron chi connectivity index (χ4n) is 4.19. The smallest absolute Gasteiger partial charge is 0.253 e. The zero-order chi connectivity index (χ0) is 14.8. The van der Waals surface area contributed by atoms with Crippen LogP contribution in [0.15, 0.2) is 4.99 Å². The molecule has 3 atom stereocenters. The molecule has 4 rings (SSSR count). The van der Waals surface area contributed by atoms with Gasteiger partial charge in [0, 0.05) is 25.4 Å². The molecular formula is C14H21N3O3S. The lowest BCUT2D eigenvalue weighted by Gasteiger charge is -2.25. The second kappa shape index (κ2) is 4.29. The van der Waals surface area contributed by atoms with E-state index in [9.17, 15) is 13.2 Å². The van der Waals surface area contributed by atoms with Crippen LogP contribution in [-0.4, -0.2) is 48.3 Å². The van der Waals surface area contributed by atoms with Crippen molar-refractivity contribution in [1.29, 1.82) is 0 Å². The van der Waals surface area contributed by atoms with Gasteiger partial charge in [-0.15, -0.1) is 0 Å². The predicted molar refractivity (Wildman–Crippen MR) is 78.3 cm³/mol. The molecule has 0 bridgehead atoms. The summed E-state index contributed by atoms with van der Waals surface area (Å²) in [5.74, 6) is 1.07. The molecule has 0 radical (unpaired) electrons. The number of carbonyl (C=O) groups excluding carboxylic acids is 1. The van der Waals surface area contributed by atoms with Crippen LogP contribution in [0, 0.1) is 11.8 Å². The first-order valence-corrected chi connectivity index (χ1v) is 9.37. The van der Waals surface area contributed by atoms with E-state index in [-0.39, 0.29) is 23.0 Å². The van der Waals surface area contributed by atoms with Crippen LogP contribution >= 0.6 is 0 Å². The number of hydrogen-bond acceptors (Lipinski definition) is 4. The van der Waals surface area contributed by atoms with Crippen LogP contribution in [0.3, 0.4) is 0 Å². The highest BCUT2D eigenvalue weighted by Gasteiger charge is 2.60. The summed E-state index contributed by atoms with van der Waals surface area (Å²) >= 11 is 0. The zero-order valence-corrected chi connectivity index (χ0v) is 13.0. The molecular weight excluding hydrogens is 290 g/mol. The number of fused-ring (bicyclic) bond motifs is 2. The number of nitrogens with one attached hydrogen (secondary N) is 1. The van der Waals surface area contributed by atoms with Crippen LogP contribution in [0.25, 0.3) is 0 Å². The Morgan fingerprint density at radius 3 is 2.71 bits per heavy atom. The average molecular weight is 311 g/mol. The van der Waals surface area contributed by atoms with Gasteiger partial charge in [-0.25, -0.2) is 12.7 Å². The number of aliphatic imine (C=N–C) groups is 1. The molecule has 0 aromatic rings. The average Bonchev–Trinajstić information content (AvgIpc) is 3.02. The van der Waals surface area contributed by atoms with Gasteiger partial charge in [-0.1, -0.05) is 6.92 Å². The number of rotatable bonds is 3. The Kier molecular flexibility index (Phi) is 2.80. The number of carbonyl (C=O) groups is 1. The van der Waals surface area contributed by atoms with Gasteiger partial charge in [0.1, 0.15) is 11.4 Å². The van der Waals surface area contributed by atoms with Crippen LogP contribution in [0.1, 0.15) is 39.0 Å². The highest BCUT2D eigenvalue weighted by Crippen LogP contribution is 2.50. The number of amides is 1. The maximum atomic E-state index is 12.4. The van der Waals surface area contributed by atoms with E-state index in [1.807, 2.05) is 6.92 Å². The molecule has 0 aromatic carbocycles. The molecule has 2 aliphatic carbocycles. The van der Waals surface area contributed by atoms with E-state index < -0.39 is 15.6 Å². The Morgan fingerprint density at radius 1 is 1.33 bits per heavy atom. The Hall–Kier alpha value is -0.950. The quantitative estimate of drug-likeness (QED) is 0.824. The van der Waals surface area contributed by atoms with Crippen molar-refractivity contribution in [2.75, 3.05) is 13.1 Å². The molecule has 4 aliphatic rings. The summed E-state index contributed by atoms with van der Waals surface area (Å²) in [4.78, 5) is 17.1. The van der Waals surface area contributed by atoms with Gasteiger partial charge in [-0.3, -0.25) is 9.79 Å². The van der Waals surface area contributed by atoms with Gasteiger partial charge < -0.3 is 5.32 Å². The van der Waals surface area contributed by atoms with E-state index in [0.29, 0.717) is 13.1 Å². The first-order valence-electron chi connectivity index (χ1n) is 7.86. The van der Waals surface area contributed by atoms with Crippen molar-refractivity contribution in [1.82, 2.24) is 9.62 Å². The molecule has 0 unspecified atom stereocenters. The van der Waals surface area contributed by atoms with E-state index in [1.165, 1.54) is 0 Å². The Bertz CT molecular complexity index is 625. The van der Waals surface area contributed by atoms with Gasteiger partial charge in [0.15, 0.2) is 0 Å². The number of sulfonamides is 1. The molecule has 1 spiro atoms. The summed E-state index contributed by atoms with van der Waals surface area (Å²) in [6.45, 7) is 3.02. The number of nitrogens with zero attached hydrogens (tertiary/aromatic N) is 2. The van der Waals surface area contributed by atoms with Crippen molar-refractivity contribution in [3.05, 3.63) is 0 Å². The van der Waals surface area contributed by atoms with Crippen LogP contribution < -0.4 is 5.32 Å². The molecule has 2 saturated carbocycles. The lowest BCUT2D eigenvalue weighted by atomic mass is 9.85. The fourth-order valence-corrected chi connectivity index (χ4v) is 6.11. The lowest BCUT2D eigenvalue weighted by Crippen LogP contribution is -2.45. The molecule has 1 saturated heterocycles. The Morgan fingerprint density at radius 2 is 2.10 bits per heavy atom. The summed E-state index contributed by atoms with van der Waals surface area (Å²) in [5, 5.41) is 2.71. The number of amidine groups is 1. The van der Waals surface area contributed by atoms with Gasteiger partial charge in [0.05, 0.1) is 5.25 Å². The first kappa shape index (κ1) is 13.7. The maximum Gasteiger partial charge on any atom is 0.253 e. The minimum Gasteiger partial charge on any atom is -0.312 e. The SMILES string of the molecule is CCC1=N[C@@]2(CC[C@@H]3CN(S(=O)(=O)C4CC4)C[C@@H]32)C(=O)N1. The normalized spacial score (nSPS) is 39.7. The molecule has 2 aliphatic heterocycles. The van der Waals surface area contributed by atoms with E-state index in [2.05, 4.69) is 10.3 Å². The largest absolute Gasteiger partial charge is 0.312 e. The van der Waals surface area contributed by atoms with E-state index >= 15 is 0 Å². The summed E-state index contributed by atoms with van der Waals surface area (Å²) in [7, 11) is -3.14. The van der Waals surface area contributed by atoms with Crippen molar-refractivity contribution >= 4 is 21.8 Å². The lowest BCUT2D eigenvalue weighted by molar-refractivity contribution is -0.124. The van der Waals surface area contributed by atoms with Crippen molar-refractivity contribution < 1.29 is 13.2 Å². The Labute approximate surface area is 125 Å². The second-order valence-electron chi connectivity index (χ2n) is 6.76. The van der Waals surface area contributed by atoms with Crippen LogP contribution in [-0.2, 0) is 14.8 Å². The molecule has 3 fully saturated rings. The van der Waals surface area contributed by atoms with Crippen molar-refractivity contribution in [2.24, 2.45) is 16.8 Å². The van der Waals surface area contributed by atoms with E-state index in [4.69, 9.17) is 0 Å². The topological polar surface area (TPSA) is 78.8 Å². The zero-order valence-electron chi connectivity index (χ0n) is 12.2. The second-order valence-corrected chi connectivity index (χ2v) is 8.97. The van der Waals surface area contributed by atoms with Crippen LogP contribution in [0.4, 0.5) is 0 Å². The Balaban J connectivity index is 1.62. The fraction of sp³-hybridized carbons (Fsp3) is 0.857. The number of hydrogen-bond donors (Lipinski definition) is 1. The molecule has 1 N–H and O–H groups in total.